The quantitative estimate of drug-likeness (QED) is 0.924. The largest absolute Gasteiger partial charge is 0.497 e. The highest BCUT2D eigenvalue weighted by atomic mass is 35.5. The Morgan fingerprint density at radius 3 is 2.67 bits per heavy atom. The van der Waals surface area contributed by atoms with Crippen LogP contribution in [0.25, 0.3) is 11.4 Å². The summed E-state index contributed by atoms with van der Waals surface area (Å²) in [7, 11) is 3.13. The summed E-state index contributed by atoms with van der Waals surface area (Å²) < 4.78 is 10.4. The number of nitrogens with zero attached hydrogens (tertiary/aromatic N) is 2. The normalized spacial score (nSPS) is 9.89. The molecule has 1 N–H and O–H groups in total. The fraction of sp³-hybridized carbons (Fsp3) is 0.167. The maximum Gasteiger partial charge on any atom is 0.178 e. The van der Waals surface area contributed by atoms with E-state index >= 15 is 0 Å². The van der Waals surface area contributed by atoms with Crippen LogP contribution in [0, 0.1) is 11.3 Å². The van der Waals surface area contributed by atoms with E-state index in [9.17, 15) is 0 Å². The van der Waals surface area contributed by atoms with Crippen molar-refractivity contribution in [2.75, 3.05) is 14.2 Å². The Labute approximate surface area is 109 Å². The lowest BCUT2D eigenvalue weighted by Crippen LogP contribution is -1.91. The zero-order chi connectivity index (χ0) is 13.1. The van der Waals surface area contributed by atoms with Gasteiger partial charge in [-0.1, -0.05) is 11.6 Å². The van der Waals surface area contributed by atoms with Gasteiger partial charge in [0.1, 0.15) is 28.5 Å². The van der Waals surface area contributed by atoms with Crippen LogP contribution in [0.4, 0.5) is 0 Å². The first-order valence-electron chi connectivity index (χ1n) is 5.07. The summed E-state index contributed by atoms with van der Waals surface area (Å²) in [5.41, 5.74) is 0.867. The second kappa shape index (κ2) is 4.98. The van der Waals surface area contributed by atoms with Crippen molar-refractivity contribution in [1.82, 2.24) is 9.97 Å². The summed E-state index contributed by atoms with van der Waals surface area (Å²) in [6.07, 6.45) is 0. The number of benzene rings is 1. The molecule has 0 atom stereocenters. The first-order chi connectivity index (χ1) is 8.69. The zero-order valence-corrected chi connectivity index (χ0v) is 10.6. The Kier molecular flexibility index (Phi) is 3.40. The average Bonchev–Trinajstić information content (AvgIpc) is 2.79. The summed E-state index contributed by atoms with van der Waals surface area (Å²) in [6.45, 7) is 0. The SMILES string of the molecule is COc1ccc(-c2nc(C#N)c(Cl)[nH]2)c(OC)c1. The molecule has 18 heavy (non-hydrogen) atoms. The second-order valence-electron chi connectivity index (χ2n) is 3.43. The van der Waals surface area contributed by atoms with E-state index in [0.29, 0.717) is 22.9 Å². The summed E-state index contributed by atoms with van der Waals surface area (Å²) in [5, 5.41) is 9.03. The molecule has 0 aliphatic heterocycles. The highest BCUT2D eigenvalue weighted by Crippen LogP contribution is 2.32. The highest BCUT2D eigenvalue weighted by Gasteiger charge is 2.14. The van der Waals surface area contributed by atoms with E-state index in [1.165, 1.54) is 0 Å². The van der Waals surface area contributed by atoms with Crippen LogP contribution in [0.1, 0.15) is 5.69 Å². The maximum absolute atomic E-state index is 8.82. The van der Waals surface area contributed by atoms with Gasteiger partial charge in [0.15, 0.2) is 5.69 Å². The lowest BCUT2D eigenvalue weighted by molar-refractivity contribution is 0.395. The van der Waals surface area contributed by atoms with E-state index in [4.69, 9.17) is 26.3 Å². The molecule has 1 heterocycles. The fourth-order valence-electron chi connectivity index (χ4n) is 1.55. The molecule has 0 unspecified atom stereocenters. The maximum atomic E-state index is 8.82. The number of ether oxygens (including phenoxy) is 2. The Bertz CT molecular complexity index is 616. The van der Waals surface area contributed by atoms with Gasteiger partial charge in [-0.15, -0.1) is 0 Å². The molecule has 0 spiro atoms. The number of aromatic amines is 1. The Hall–Kier alpha value is -2.19. The third kappa shape index (κ3) is 2.11. The van der Waals surface area contributed by atoms with Crippen molar-refractivity contribution in [3.8, 4) is 29.0 Å². The molecule has 0 bridgehead atoms. The number of hydrogen-bond donors (Lipinski definition) is 1. The van der Waals surface area contributed by atoms with Crippen molar-refractivity contribution in [2.45, 2.75) is 0 Å². The van der Waals surface area contributed by atoms with E-state index in [2.05, 4.69) is 9.97 Å². The predicted octanol–water partition coefficient (Wildman–Crippen LogP) is 2.62. The number of halogens is 1. The van der Waals surface area contributed by atoms with Gasteiger partial charge in [-0.2, -0.15) is 5.26 Å². The minimum absolute atomic E-state index is 0.157. The molecule has 2 aromatic rings. The molecular weight excluding hydrogens is 254 g/mol. The lowest BCUT2D eigenvalue weighted by Gasteiger charge is -2.08. The number of hydrogen-bond acceptors (Lipinski definition) is 4. The van der Waals surface area contributed by atoms with Gasteiger partial charge in [-0.05, 0) is 12.1 Å². The van der Waals surface area contributed by atoms with Gasteiger partial charge < -0.3 is 14.5 Å². The van der Waals surface area contributed by atoms with E-state index in [1.807, 2.05) is 6.07 Å². The van der Waals surface area contributed by atoms with Crippen molar-refractivity contribution in [2.24, 2.45) is 0 Å². The van der Waals surface area contributed by atoms with Crippen LogP contribution >= 0.6 is 11.6 Å². The summed E-state index contributed by atoms with van der Waals surface area (Å²) in [5.74, 6) is 1.74. The number of aromatic nitrogens is 2. The van der Waals surface area contributed by atoms with Gasteiger partial charge in [0.05, 0.1) is 19.8 Å². The van der Waals surface area contributed by atoms with Gasteiger partial charge in [0.2, 0.25) is 0 Å². The van der Waals surface area contributed by atoms with Crippen molar-refractivity contribution in [3.05, 3.63) is 29.0 Å². The number of imidazole rings is 1. The summed E-state index contributed by atoms with van der Waals surface area (Å²) >= 11 is 5.84. The molecule has 0 saturated heterocycles. The average molecular weight is 264 g/mol. The van der Waals surface area contributed by atoms with Gasteiger partial charge >= 0.3 is 0 Å². The summed E-state index contributed by atoms with van der Waals surface area (Å²) in [6, 6.07) is 7.20. The standard InChI is InChI=1S/C12H10ClN3O2/c1-17-7-3-4-8(10(5-7)18-2)12-15-9(6-14)11(13)16-12/h3-5H,1-2H3,(H,15,16). The van der Waals surface area contributed by atoms with Crippen molar-refractivity contribution in [3.63, 3.8) is 0 Å². The highest BCUT2D eigenvalue weighted by molar-refractivity contribution is 6.30. The third-order valence-corrected chi connectivity index (χ3v) is 2.70. The topological polar surface area (TPSA) is 70.9 Å². The Morgan fingerprint density at radius 2 is 2.11 bits per heavy atom. The first-order valence-corrected chi connectivity index (χ1v) is 5.45. The van der Waals surface area contributed by atoms with Crippen molar-refractivity contribution in [1.29, 1.82) is 5.26 Å². The molecular formula is C12H10ClN3O2. The number of methoxy groups -OCH3 is 2. The van der Waals surface area contributed by atoms with Crippen molar-refractivity contribution >= 4 is 11.6 Å². The number of H-pyrrole nitrogens is 1. The van der Waals surface area contributed by atoms with Gasteiger partial charge in [-0.25, -0.2) is 4.98 Å². The molecule has 0 amide bonds. The minimum Gasteiger partial charge on any atom is -0.497 e. The smallest absolute Gasteiger partial charge is 0.178 e. The number of rotatable bonds is 3. The predicted molar refractivity (Wildman–Crippen MR) is 66.9 cm³/mol. The molecule has 2 rings (SSSR count). The number of nitrogens with one attached hydrogen (secondary N) is 1. The molecule has 0 aliphatic carbocycles. The van der Waals surface area contributed by atoms with Crippen LogP contribution in [0.15, 0.2) is 18.2 Å². The molecule has 92 valence electrons. The summed E-state index contributed by atoms with van der Waals surface area (Å²) in [4.78, 5) is 6.93. The van der Waals surface area contributed by atoms with E-state index < -0.39 is 0 Å². The second-order valence-corrected chi connectivity index (χ2v) is 3.80. The van der Waals surface area contributed by atoms with Crippen LogP contribution in [0.3, 0.4) is 0 Å². The van der Waals surface area contributed by atoms with Gasteiger partial charge in [0.25, 0.3) is 0 Å². The molecule has 6 heteroatoms. The van der Waals surface area contributed by atoms with Crippen LogP contribution in [-0.4, -0.2) is 24.2 Å². The van der Waals surface area contributed by atoms with E-state index in [1.54, 1.807) is 32.4 Å². The molecule has 0 saturated carbocycles. The van der Waals surface area contributed by atoms with Crippen LogP contribution in [-0.2, 0) is 0 Å². The minimum atomic E-state index is 0.157. The monoisotopic (exact) mass is 263 g/mol. The zero-order valence-electron chi connectivity index (χ0n) is 9.82. The first kappa shape index (κ1) is 12.3. The molecule has 5 nitrogen and oxygen atoms in total. The number of nitriles is 1. The van der Waals surface area contributed by atoms with Crippen LogP contribution in [0.5, 0.6) is 11.5 Å². The lowest BCUT2D eigenvalue weighted by atomic mass is 10.2. The van der Waals surface area contributed by atoms with Crippen molar-refractivity contribution < 1.29 is 9.47 Å². The Balaban J connectivity index is 2.53. The molecule has 1 aromatic heterocycles. The van der Waals surface area contributed by atoms with E-state index in [0.717, 1.165) is 0 Å². The molecule has 1 aromatic carbocycles. The molecule has 0 radical (unpaired) electrons. The third-order valence-electron chi connectivity index (χ3n) is 2.43. The Morgan fingerprint density at radius 1 is 1.33 bits per heavy atom. The molecule has 0 aliphatic rings. The molecule has 0 fully saturated rings. The fourth-order valence-corrected chi connectivity index (χ4v) is 1.72. The van der Waals surface area contributed by atoms with Crippen LogP contribution < -0.4 is 9.47 Å². The van der Waals surface area contributed by atoms with Gasteiger partial charge in [0, 0.05) is 6.07 Å². The van der Waals surface area contributed by atoms with Crippen LogP contribution in [0.2, 0.25) is 5.15 Å². The van der Waals surface area contributed by atoms with Gasteiger partial charge in [-0.3, -0.25) is 0 Å². The van der Waals surface area contributed by atoms with E-state index in [-0.39, 0.29) is 10.8 Å².